The van der Waals surface area contributed by atoms with Crippen LogP contribution in [-0.4, -0.2) is 28.9 Å². The Labute approximate surface area is 255 Å². The third kappa shape index (κ3) is 5.02. The molecule has 0 aromatic heterocycles. The normalized spacial score (nSPS) is 16.8. The number of esters is 1. The summed E-state index contributed by atoms with van der Waals surface area (Å²) in [6.45, 7) is 4.21. The molecular formula is C36H32N2O6. The van der Waals surface area contributed by atoms with E-state index in [-0.39, 0.29) is 11.8 Å². The van der Waals surface area contributed by atoms with Crippen molar-refractivity contribution in [2.45, 2.75) is 51.3 Å². The van der Waals surface area contributed by atoms with E-state index in [0.29, 0.717) is 47.3 Å². The van der Waals surface area contributed by atoms with Crippen LogP contribution in [0, 0.1) is 0 Å². The zero-order chi connectivity index (χ0) is 31.0. The highest BCUT2D eigenvalue weighted by Crippen LogP contribution is 2.40. The number of rotatable bonds is 9. The predicted octanol–water partition coefficient (Wildman–Crippen LogP) is 6.82. The van der Waals surface area contributed by atoms with Gasteiger partial charge in [-0.25, -0.2) is 0 Å². The number of amides is 2. The van der Waals surface area contributed by atoms with Gasteiger partial charge in [0.05, 0.1) is 18.4 Å². The van der Waals surface area contributed by atoms with E-state index in [9.17, 15) is 24.3 Å². The lowest BCUT2D eigenvalue weighted by atomic mass is 9.96. The van der Waals surface area contributed by atoms with E-state index in [0.717, 1.165) is 16.8 Å². The number of carboxylic acid groups (broad SMARTS) is 1. The minimum Gasteiger partial charge on any atom is -0.481 e. The maximum atomic E-state index is 13.7. The summed E-state index contributed by atoms with van der Waals surface area (Å²) in [6, 6.07) is 28.8. The van der Waals surface area contributed by atoms with Crippen LogP contribution in [0.4, 0.5) is 11.4 Å². The van der Waals surface area contributed by atoms with E-state index in [1.807, 2.05) is 62.4 Å². The molecule has 2 aliphatic rings. The van der Waals surface area contributed by atoms with Gasteiger partial charge in [-0.1, -0.05) is 74.5 Å². The number of hydrogen-bond donors (Lipinski definition) is 1. The van der Waals surface area contributed by atoms with Crippen molar-refractivity contribution < 1.29 is 29.0 Å². The SMILES string of the molecule is CCC(C(=O)O)c1ccc(N2C(=O)c3ccccc3C2OC(=O)C(CC)c2ccc(N3Cc4ccccc4C3=O)cc2)cc1. The third-order valence-corrected chi connectivity index (χ3v) is 8.54. The van der Waals surface area contributed by atoms with Crippen molar-refractivity contribution in [2.24, 2.45) is 0 Å². The van der Waals surface area contributed by atoms with Gasteiger partial charge < -0.3 is 14.7 Å². The highest BCUT2D eigenvalue weighted by Gasteiger charge is 2.41. The highest BCUT2D eigenvalue weighted by atomic mass is 16.6. The number of ether oxygens (including phenoxy) is 1. The van der Waals surface area contributed by atoms with Crippen LogP contribution in [0.5, 0.6) is 0 Å². The van der Waals surface area contributed by atoms with Crippen molar-refractivity contribution in [3.8, 4) is 0 Å². The molecule has 1 N–H and O–H groups in total. The van der Waals surface area contributed by atoms with Crippen LogP contribution >= 0.6 is 0 Å². The average molecular weight is 589 g/mol. The van der Waals surface area contributed by atoms with E-state index in [2.05, 4.69) is 0 Å². The number of hydrogen-bond acceptors (Lipinski definition) is 5. The Morgan fingerprint density at radius 3 is 1.93 bits per heavy atom. The van der Waals surface area contributed by atoms with Gasteiger partial charge in [0.25, 0.3) is 11.8 Å². The number of carbonyl (C=O) groups excluding carboxylic acids is 3. The molecule has 0 spiro atoms. The fraction of sp³-hybridized carbons (Fsp3) is 0.222. The summed E-state index contributed by atoms with van der Waals surface area (Å²) in [4.78, 5) is 55.1. The number of anilines is 2. The molecule has 0 fully saturated rings. The van der Waals surface area contributed by atoms with Gasteiger partial charge in [-0.3, -0.25) is 24.1 Å². The molecule has 0 aliphatic carbocycles. The van der Waals surface area contributed by atoms with Crippen LogP contribution in [0.3, 0.4) is 0 Å². The number of carbonyl (C=O) groups is 4. The van der Waals surface area contributed by atoms with Crippen molar-refractivity contribution in [1.82, 2.24) is 0 Å². The van der Waals surface area contributed by atoms with Gasteiger partial charge in [-0.2, -0.15) is 0 Å². The maximum Gasteiger partial charge on any atom is 0.315 e. The Morgan fingerprint density at radius 2 is 1.32 bits per heavy atom. The molecule has 6 rings (SSSR count). The molecule has 2 aliphatic heterocycles. The fourth-order valence-corrected chi connectivity index (χ4v) is 6.15. The first kappa shape index (κ1) is 28.9. The molecule has 0 saturated heterocycles. The second-order valence-electron chi connectivity index (χ2n) is 11.0. The van der Waals surface area contributed by atoms with Crippen LogP contribution < -0.4 is 9.80 Å². The smallest absolute Gasteiger partial charge is 0.315 e. The summed E-state index contributed by atoms with van der Waals surface area (Å²) < 4.78 is 6.12. The minimum atomic E-state index is -0.979. The first-order chi connectivity index (χ1) is 21.3. The lowest BCUT2D eigenvalue weighted by Gasteiger charge is -2.27. The first-order valence-corrected chi connectivity index (χ1v) is 14.8. The van der Waals surface area contributed by atoms with Crippen molar-refractivity contribution >= 4 is 35.1 Å². The lowest BCUT2D eigenvalue weighted by Crippen LogP contribution is -2.32. The maximum absolute atomic E-state index is 13.7. The second kappa shape index (κ2) is 11.8. The molecule has 4 aromatic carbocycles. The van der Waals surface area contributed by atoms with Crippen LogP contribution in [0.2, 0.25) is 0 Å². The molecule has 0 radical (unpaired) electrons. The standard InChI is InChI=1S/C36H32N2O6/c1-3-27(35(41)42)22-15-19-26(20-16-22)38-33(40)30-11-7-8-12-31(30)34(38)44-36(43)28(4-2)23-13-17-25(18-14-23)37-21-24-9-5-6-10-29(24)32(37)39/h5-20,27-28,34H,3-4,21H2,1-2H3,(H,41,42). The Bertz CT molecular complexity index is 1750. The zero-order valence-electron chi connectivity index (χ0n) is 24.5. The van der Waals surface area contributed by atoms with Crippen LogP contribution in [0.25, 0.3) is 0 Å². The Morgan fingerprint density at radius 1 is 0.750 bits per heavy atom. The summed E-state index contributed by atoms with van der Waals surface area (Å²) in [5.41, 5.74) is 5.34. The van der Waals surface area contributed by atoms with Gasteiger partial charge in [-0.05, 0) is 65.9 Å². The van der Waals surface area contributed by atoms with Gasteiger partial charge in [-0.15, -0.1) is 0 Å². The number of nitrogens with zero attached hydrogens (tertiary/aromatic N) is 2. The summed E-state index contributed by atoms with van der Waals surface area (Å²) >= 11 is 0. The van der Waals surface area contributed by atoms with Gasteiger partial charge >= 0.3 is 11.9 Å². The average Bonchev–Trinajstić information content (AvgIpc) is 3.52. The first-order valence-electron chi connectivity index (χ1n) is 14.8. The second-order valence-corrected chi connectivity index (χ2v) is 11.0. The summed E-state index contributed by atoms with van der Waals surface area (Å²) in [6.07, 6.45) is -0.0751. The summed E-state index contributed by atoms with van der Waals surface area (Å²) in [7, 11) is 0. The molecule has 44 heavy (non-hydrogen) atoms. The number of benzene rings is 4. The van der Waals surface area contributed by atoms with Crippen molar-refractivity contribution in [2.75, 3.05) is 9.80 Å². The van der Waals surface area contributed by atoms with Crippen LogP contribution in [0.15, 0.2) is 97.1 Å². The zero-order valence-corrected chi connectivity index (χ0v) is 24.5. The van der Waals surface area contributed by atoms with E-state index in [1.54, 1.807) is 53.4 Å². The third-order valence-electron chi connectivity index (χ3n) is 8.54. The largest absolute Gasteiger partial charge is 0.481 e. The summed E-state index contributed by atoms with van der Waals surface area (Å²) in [5.74, 6) is -2.98. The number of carboxylic acids is 1. The van der Waals surface area contributed by atoms with E-state index in [4.69, 9.17) is 4.74 Å². The topological polar surface area (TPSA) is 104 Å². The van der Waals surface area contributed by atoms with Crippen LogP contribution in [-0.2, 0) is 20.9 Å². The molecule has 0 saturated carbocycles. The quantitative estimate of drug-likeness (QED) is 0.215. The lowest BCUT2D eigenvalue weighted by molar-refractivity contribution is -0.151. The van der Waals surface area contributed by atoms with Crippen molar-refractivity contribution in [3.63, 3.8) is 0 Å². The molecule has 2 heterocycles. The van der Waals surface area contributed by atoms with Gasteiger partial charge in [0.2, 0.25) is 6.23 Å². The number of aliphatic carboxylic acids is 1. The van der Waals surface area contributed by atoms with Gasteiger partial charge in [0, 0.05) is 28.1 Å². The Kier molecular flexibility index (Phi) is 7.74. The molecule has 4 aromatic rings. The molecule has 2 amide bonds. The highest BCUT2D eigenvalue weighted by molar-refractivity contribution is 6.11. The predicted molar refractivity (Wildman–Crippen MR) is 166 cm³/mol. The fourth-order valence-electron chi connectivity index (χ4n) is 6.15. The molecule has 3 unspecified atom stereocenters. The van der Waals surface area contributed by atoms with Gasteiger partial charge in [0.1, 0.15) is 0 Å². The molecule has 8 heteroatoms. The van der Waals surface area contributed by atoms with Crippen molar-refractivity contribution in [1.29, 1.82) is 0 Å². The Hall–Kier alpha value is -5.24. The van der Waals surface area contributed by atoms with E-state index < -0.39 is 30.0 Å². The summed E-state index contributed by atoms with van der Waals surface area (Å²) in [5, 5.41) is 9.56. The van der Waals surface area contributed by atoms with Crippen molar-refractivity contribution in [3.05, 3.63) is 130 Å². The van der Waals surface area contributed by atoms with Crippen LogP contribution in [0.1, 0.15) is 87.7 Å². The molecular weight excluding hydrogens is 556 g/mol. The molecule has 3 atom stereocenters. The number of fused-ring (bicyclic) bond motifs is 2. The van der Waals surface area contributed by atoms with E-state index >= 15 is 0 Å². The molecule has 0 bridgehead atoms. The minimum absolute atomic E-state index is 0.0503. The van der Waals surface area contributed by atoms with Gasteiger partial charge in [0.15, 0.2) is 0 Å². The van der Waals surface area contributed by atoms with E-state index in [1.165, 1.54) is 4.90 Å². The monoisotopic (exact) mass is 588 g/mol. The molecule has 8 nitrogen and oxygen atoms in total. The molecule has 222 valence electrons. The Balaban J connectivity index is 1.24.